The standard InChI is InChI=1S/C24H35N5O/c1-25-24(27-19-22(23-12-9-17-30-23)29-15-7-8-16-29)26-18-21(28-13-5-6-14-28)20-10-3-2-4-11-20/h2-4,9-12,17,21-22H,5-8,13-16,18-19H2,1H3,(H2,25,26,27). The van der Waals surface area contributed by atoms with Gasteiger partial charge in [0.05, 0.1) is 18.3 Å². The largest absolute Gasteiger partial charge is 0.468 e. The molecule has 0 bridgehead atoms. The lowest BCUT2D eigenvalue weighted by atomic mass is 10.1. The summed E-state index contributed by atoms with van der Waals surface area (Å²) in [5.41, 5.74) is 1.37. The second-order valence-corrected chi connectivity index (χ2v) is 8.28. The molecule has 162 valence electrons. The summed E-state index contributed by atoms with van der Waals surface area (Å²) < 4.78 is 5.75. The minimum absolute atomic E-state index is 0.240. The van der Waals surface area contributed by atoms with Gasteiger partial charge in [-0.3, -0.25) is 14.8 Å². The first-order valence-electron chi connectivity index (χ1n) is 11.4. The second kappa shape index (κ2) is 10.6. The molecule has 2 aromatic rings. The van der Waals surface area contributed by atoms with Crippen LogP contribution in [0.5, 0.6) is 0 Å². The third-order valence-corrected chi connectivity index (χ3v) is 6.37. The van der Waals surface area contributed by atoms with Gasteiger partial charge in [0, 0.05) is 20.1 Å². The number of nitrogens with one attached hydrogen (secondary N) is 2. The smallest absolute Gasteiger partial charge is 0.191 e. The zero-order valence-corrected chi connectivity index (χ0v) is 18.1. The van der Waals surface area contributed by atoms with Gasteiger partial charge >= 0.3 is 0 Å². The molecule has 0 spiro atoms. The number of benzene rings is 1. The highest BCUT2D eigenvalue weighted by Gasteiger charge is 2.26. The van der Waals surface area contributed by atoms with E-state index in [2.05, 4.69) is 61.8 Å². The minimum atomic E-state index is 0.240. The van der Waals surface area contributed by atoms with Crippen molar-refractivity contribution in [3.8, 4) is 0 Å². The lowest BCUT2D eigenvalue weighted by Gasteiger charge is -2.30. The topological polar surface area (TPSA) is 56.0 Å². The highest BCUT2D eigenvalue weighted by atomic mass is 16.3. The van der Waals surface area contributed by atoms with E-state index in [0.717, 1.165) is 37.9 Å². The van der Waals surface area contributed by atoms with Crippen molar-refractivity contribution < 1.29 is 4.42 Å². The molecule has 0 radical (unpaired) electrons. The molecule has 2 N–H and O–H groups in total. The van der Waals surface area contributed by atoms with E-state index in [1.165, 1.54) is 44.3 Å². The van der Waals surface area contributed by atoms with E-state index in [9.17, 15) is 0 Å². The Morgan fingerprint density at radius 2 is 1.47 bits per heavy atom. The van der Waals surface area contributed by atoms with Crippen LogP contribution in [-0.4, -0.2) is 62.1 Å². The van der Waals surface area contributed by atoms with Gasteiger partial charge in [0.2, 0.25) is 0 Å². The van der Waals surface area contributed by atoms with E-state index in [4.69, 9.17) is 4.42 Å². The number of nitrogens with zero attached hydrogens (tertiary/aromatic N) is 3. The summed E-state index contributed by atoms with van der Waals surface area (Å²) in [6.45, 7) is 6.23. The molecule has 4 rings (SSSR count). The number of rotatable bonds is 8. The number of aliphatic imine (C=N–C) groups is 1. The Morgan fingerprint density at radius 3 is 2.03 bits per heavy atom. The van der Waals surface area contributed by atoms with Crippen molar-refractivity contribution in [1.82, 2.24) is 20.4 Å². The maximum Gasteiger partial charge on any atom is 0.191 e. The number of hydrogen-bond acceptors (Lipinski definition) is 4. The van der Waals surface area contributed by atoms with E-state index in [-0.39, 0.29) is 6.04 Å². The quantitative estimate of drug-likeness (QED) is 0.517. The molecule has 2 atom stereocenters. The fraction of sp³-hybridized carbons (Fsp3) is 0.542. The van der Waals surface area contributed by atoms with Gasteiger partial charge in [-0.2, -0.15) is 0 Å². The van der Waals surface area contributed by atoms with Gasteiger partial charge in [-0.25, -0.2) is 0 Å². The third kappa shape index (κ3) is 5.24. The van der Waals surface area contributed by atoms with E-state index in [0.29, 0.717) is 6.04 Å². The van der Waals surface area contributed by atoms with Crippen molar-refractivity contribution in [3.63, 3.8) is 0 Å². The van der Waals surface area contributed by atoms with Crippen LogP contribution in [0.15, 0.2) is 58.1 Å². The average Bonchev–Trinajstić information content (AvgIpc) is 3.57. The van der Waals surface area contributed by atoms with E-state index < -0.39 is 0 Å². The Hall–Kier alpha value is -2.31. The summed E-state index contributed by atoms with van der Waals surface area (Å²) in [6.07, 6.45) is 6.87. The minimum Gasteiger partial charge on any atom is -0.468 e. The van der Waals surface area contributed by atoms with Gasteiger partial charge in [0.15, 0.2) is 5.96 Å². The molecule has 0 amide bonds. The Balaban J connectivity index is 1.37. The second-order valence-electron chi connectivity index (χ2n) is 8.28. The number of furan rings is 1. The SMILES string of the molecule is CN=C(NCC(c1ccccc1)N1CCCC1)NCC(c1ccco1)N1CCCC1. The molecule has 2 fully saturated rings. The van der Waals surface area contributed by atoms with Crippen LogP contribution in [0.3, 0.4) is 0 Å². The lowest BCUT2D eigenvalue weighted by Crippen LogP contribution is -2.45. The van der Waals surface area contributed by atoms with Gasteiger partial charge in [-0.15, -0.1) is 0 Å². The maximum absolute atomic E-state index is 5.75. The normalized spacial score (nSPS) is 20.4. The van der Waals surface area contributed by atoms with Crippen LogP contribution in [-0.2, 0) is 0 Å². The molecular formula is C24H35N5O. The van der Waals surface area contributed by atoms with E-state index >= 15 is 0 Å². The molecule has 1 aromatic heterocycles. The Labute approximate surface area is 180 Å². The summed E-state index contributed by atoms with van der Waals surface area (Å²) in [5, 5.41) is 7.14. The molecule has 0 saturated carbocycles. The molecular weight excluding hydrogens is 374 g/mol. The summed E-state index contributed by atoms with van der Waals surface area (Å²) in [7, 11) is 1.85. The van der Waals surface area contributed by atoms with Crippen LogP contribution in [0.25, 0.3) is 0 Å². The molecule has 3 heterocycles. The van der Waals surface area contributed by atoms with Crippen molar-refractivity contribution >= 4 is 5.96 Å². The van der Waals surface area contributed by atoms with Crippen molar-refractivity contribution in [1.29, 1.82) is 0 Å². The summed E-state index contributed by atoms with van der Waals surface area (Å²) in [4.78, 5) is 9.59. The van der Waals surface area contributed by atoms with Gasteiger partial charge in [-0.1, -0.05) is 30.3 Å². The fourth-order valence-corrected chi connectivity index (χ4v) is 4.74. The van der Waals surface area contributed by atoms with Crippen LogP contribution >= 0.6 is 0 Å². The molecule has 6 heteroatoms. The maximum atomic E-state index is 5.75. The first kappa shape index (κ1) is 20.9. The summed E-state index contributed by atoms with van der Waals surface area (Å²) in [5.74, 6) is 1.88. The monoisotopic (exact) mass is 409 g/mol. The first-order valence-corrected chi connectivity index (χ1v) is 11.4. The van der Waals surface area contributed by atoms with E-state index in [1.54, 1.807) is 6.26 Å². The summed E-state index contributed by atoms with van der Waals surface area (Å²) in [6, 6.07) is 15.5. The molecule has 30 heavy (non-hydrogen) atoms. The zero-order chi connectivity index (χ0) is 20.6. The Bertz CT molecular complexity index is 764. The molecule has 2 aliphatic heterocycles. The van der Waals surface area contributed by atoms with Crippen LogP contribution in [0.2, 0.25) is 0 Å². The third-order valence-electron chi connectivity index (χ3n) is 6.37. The van der Waals surface area contributed by atoms with Crippen molar-refractivity contribution in [2.45, 2.75) is 37.8 Å². The van der Waals surface area contributed by atoms with Crippen LogP contribution in [0.4, 0.5) is 0 Å². The first-order chi connectivity index (χ1) is 14.8. The van der Waals surface area contributed by atoms with E-state index in [1.807, 2.05) is 13.1 Å². The van der Waals surface area contributed by atoms with Crippen LogP contribution < -0.4 is 10.6 Å². The van der Waals surface area contributed by atoms with Crippen LogP contribution in [0, 0.1) is 0 Å². The van der Waals surface area contributed by atoms with Crippen molar-refractivity contribution in [2.75, 3.05) is 46.3 Å². The lowest BCUT2D eigenvalue weighted by molar-refractivity contribution is 0.215. The molecule has 2 aliphatic rings. The Kier molecular flexibility index (Phi) is 7.43. The molecule has 2 saturated heterocycles. The van der Waals surface area contributed by atoms with Crippen LogP contribution in [0.1, 0.15) is 49.1 Å². The van der Waals surface area contributed by atoms with Crippen molar-refractivity contribution in [2.24, 2.45) is 4.99 Å². The molecule has 2 unspecified atom stereocenters. The van der Waals surface area contributed by atoms with Gasteiger partial charge < -0.3 is 15.1 Å². The summed E-state index contributed by atoms with van der Waals surface area (Å²) >= 11 is 0. The predicted octanol–water partition coefficient (Wildman–Crippen LogP) is 3.42. The number of hydrogen-bond donors (Lipinski definition) is 2. The highest BCUT2D eigenvalue weighted by molar-refractivity contribution is 5.79. The number of likely N-dealkylation sites (tertiary alicyclic amines) is 2. The Morgan fingerprint density at radius 1 is 0.867 bits per heavy atom. The molecule has 6 nitrogen and oxygen atoms in total. The zero-order valence-electron chi connectivity index (χ0n) is 18.1. The van der Waals surface area contributed by atoms with Gasteiger partial charge in [0.25, 0.3) is 0 Å². The predicted molar refractivity (Wildman–Crippen MR) is 122 cm³/mol. The van der Waals surface area contributed by atoms with Gasteiger partial charge in [0.1, 0.15) is 5.76 Å². The molecule has 0 aliphatic carbocycles. The average molecular weight is 410 g/mol. The fourth-order valence-electron chi connectivity index (χ4n) is 4.74. The highest BCUT2D eigenvalue weighted by Crippen LogP contribution is 2.26. The molecule has 1 aromatic carbocycles. The van der Waals surface area contributed by atoms with Gasteiger partial charge in [-0.05, 0) is 69.6 Å². The number of guanidine groups is 1. The van der Waals surface area contributed by atoms with Crippen molar-refractivity contribution in [3.05, 3.63) is 60.1 Å².